The number of aromatic nitrogens is 3. The number of rotatable bonds is 9. The summed E-state index contributed by atoms with van der Waals surface area (Å²) in [6, 6.07) is 0.0124. The van der Waals surface area contributed by atoms with Gasteiger partial charge in [0.05, 0.1) is 0 Å². The van der Waals surface area contributed by atoms with Crippen molar-refractivity contribution in [1.29, 1.82) is 0 Å². The Labute approximate surface area is 175 Å². The number of ether oxygens (including phenoxy) is 1. The zero-order chi connectivity index (χ0) is 22.0. The van der Waals surface area contributed by atoms with Crippen LogP contribution in [0.4, 0.5) is 4.79 Å². The summed E-state index contributed by atoms with van der Waals surface area (Å²) in [5.74, 6) is 1.93. The average molecular weight is 410 g/mol. The van der Waals surface area contributed by atoms with E-state index in [0.29, 0.717) is 12.5 Å². The third-order valence-electron chi connectivity index (χ3n) is 4.39. The minimum absolute atomic E-state index is 0.0124. The third-order valence-corrected chi connectivity index (χ3v) is 4.39. The van der Waals surface area contributed by atoms with Gasteiger partial charge in [0, 0.05) is 32.7 Å². The molecule has 1 rings (SSSR count). The van der Waals surface area contributed by atoms with Crippen LogP contribution in [0.25, 0.3) is 0 Å². The Balaban J connectivity index is 2.70. The lowest BCUT2D eigenvalue weighted by atomic mass is 10.0. The summed E-state index contributed by atoms with van der Waals surface area (Å²) >= 11 is 0. The van der Waals surface area contributed by atoms with Gasteiger partial charge in [-0.05, 0) is 47.0 Å². The number of amides is 1. The molecule has 9 nitrogen and oxygen atoms in total. The molecule has 0 aliphatic rings. The Morgan fingerprint density at radius 3 is 2.59 bits per heavy atom. The van der Waals surface area contributed by atoms with Crippen LogP contribution in [-0.2, 0) is 17.8 Å². The summed E-state index contributed by atoms with van der Waals surface area (Å²) in [5.41, 5.74) is -0.508. The number of nitrogens with zero attached hydrogens (tertiary/aromatic N) is 5. The van der Waals surface area contributed by atoms with E-state index in [0.717, 1.165) is 37.8 Å². The molecule has 0 saturated heterocycles. The molecule has 0 aliphatic heterocycles. The molecule has 1 aromatic heterocycles. The molecule has 1 heterocycles. The van der Waals surface area contributed by atoms with Crippen LogP contribution in [-0.4, -0.2) is 63.5 Å². The van der Waals surface area contributed by atoms with Crippen LogP contribution >= 0.6 is 0 Å². The van der Waals surface area contributed by atoms with Gasteiger partial charge in [0.2, 0.25) is 0 Å². The molecule has 0 aromatic carbocycles. The fourth-order valence-corrected chi connectivity index (χ4v) is 2.75. The second-order valence-corrected chi connectivity index (χ2v) is 8.41. The third kappa shape index (κ3) is 9.15. The van der Waals surface area contributed by atoms with Crippen molar-refractivity contribution in [2.24, 2.45) is 10.9 Å². The highest BCUT2D eigenvalue weighted by molar-refractivity contribution is 5.79. The average Bonchev–Trinajstić information content (AvgIpc) is 3.07. The summed E-state index contributed by atoms with van der Waals surface area (Å²) in [6.45, 7) is 16.7. The number of carbonyl (C=O) groups is 1. The maximum atomic E-state index is 12.2. The Morgan fingerprint density at radius 1 is 1.34 bits per heavy atom. The van der Waals surface area contributed by atoms with E-state index in [4.69, 9.17) is 9.73 Å². The van der Waals surface area contributed by atoms with Gasteiger partial charge in [0.1, 0.15) is 18.5 Å². The minimum atomic E-state index is -0.508. The first-order valence-corrected chi connectivity index (χ1v) is 10.4. The lowest BCUT2D eigenvalue weighted by molar-refractivity contribution is 0.0486. The minimum Gasteiger partial charge on any atom is -0.444 e. The van der Waals surface area contributed by atoms with E-state index in [1.807, 2.05) is 39.3 Å². The van der Waals surface area contributed by atoms with Gasteiger partial charge in [0.15, 0.2) is 11.8 Å². The number of alkyl carbamates (subject to hydrolysis) is 1. The van der Waals surface area contributed by atoms with Gasteiger partial charge < -0.3 is 24.8 Å². The van der Waals surface area contributed by atoms with Gasteiger partial charge >= 0.3 is 6.09 Å². The normalized spacial score (nSPS) is 13.3. The second-order valence-electron chi connectivity index (χ2n) is 8.41. The van der Waals surface area contributed by atoms with Crippen molar-refractivity contribution in [3.8, 4) is 0 Å². The van der Waals surface area contributed by atoms with E-state index in [9.17, 15) is 4.79 Å². The van der Waals surface area contributed by atoms with Gasteiger partial charge in [-0.25, -0.2) is 9.79 Å². The van der Waals surface area contributed by atoms with Crippen molar-refractivity contribution < 1.29 is 9.53 Å². The van der Waals surface area contributed by atoms with Crippen molar-refractivity contribution in [3.63, 3.8) is 0 Å². The molecule has 2 N–H and O–H groups in total. The van der Waals surface area contributed by atoms with E-state index in [1.165, 1.54) is 0 Å². The Kier molecular flexibility index (Phi) is 9.91. The first-order valence-electron chi connectivity index (χ1n) is 10.4. The maximum Gasteiger partial charge on any atom is 0.407 e. The molecule has 1 unspecified atom stereocenters. The van der Waals surface area contributed by atoms with Crippen molar-refractivity contribution >= 4 is 12.1 Å². The largest absolute Gasteiger partial charge is 0.444 e. The molecule has 9 heteroatoms. The highest BCUT2D eigenvalue weighted by Gasteiger charge is 2.22. The zero-order valence-corrected chi connectivity index (χ0v) is 19.3. The first kappa shape index (κ1) is 24.7. The summed E-state index contributed by atoms with van der Waals surface area (Å²) in [4.78, 5) is 18.9. The molecule has 0 spiro atoms. The van der Waals surface area contributed by atoms with E-state index >= 15 is 0 Å². The second kappa shape index (κ2) is 11.6. The van der Waals surface area contributed by atoms with E-state index < -0.39 is 5.60 Å². The number of carbonyl (C=O) groups excluding carboxylic acids is 1. The summed E-state index contributed by atoms with van der Waals surface area (Å²) in [7, 11) is 2.00. The topological polar surface area (TPSA) is 96.7 Å². The van der Waals surface area contributed by atoms with Crippen LogP contribution in [0.2, 0.25) is 0 Å². The van der Waals surface area contributed by atoms with Crippen LogP contribution in [0.3, 0.4) is 0 Å². The van der Waals surface area contributed by atoms with Crippen molar-refractivity contribution in [2.45, 2.75) is 79.6 Å². The fourth-order valence-electron chi connectivity index (χ4n) is 2.75. The van der Waals surface area contributed by atoms with Gasteiger partial charge in [-0.2, -0.15) is 0 Å². The molecule has 0 radical (unpaired) electrons. The number of aliphatic imine (C=N–C) groups is 1. The number of hydrogen-bond acceptors (Lipinski definition) is 5. The highest BCUT2D eigenvalue weighted by Crippen LogP contribution is 2.11. The Bertz CT molecular complexity index is 650. The van der Waals surface area contributed by atoms with E-state index in [1.54, 1.807) is 6.33 Å². The number of nitrogens with one attached hydrogen (secondary N) is 2. The summed E-state index contributed by atoms with van der Waals surface area (Å²) < 4.78 is 7.38. The van der Waals surface area contributed by atoms with Crippen LogP contribution in [0.1, 0.15) is 60.7 Å². The van der Waals surface area contributed by atoms with Crippen LogP contribution < -0.4 is 10.6 Å². The quantitative estimate of drug-likeness (QED) is 0.481. The molecule has 29 heavy (non-hydrogen) atoms. The Morgan fingerprint density at radius 2 is 2.03 bits per heavy atom. The van der Waals surface area contributed by atoms with Crippen molar-refractivity contribution in [2.75, 3.05) is 20.1 Å². The standard InChI is InChI=1S/C20H39N7O2/c1-9-21-18(22-13-17-25-23-14-27(17)10-2)26(8)12-11-16(15(3)4)24-19(28)29-20(5,6)7/h14-16H,9-13H2,1-8H3,(H,21,22)(H,24,28). The molecule has 0 aliphatic carbocycles. The first-order chi connectivity index (χ1) is 13.6. The molecule has 0 saturated carbocycles. The smallest absolute Gasteiger partial charge is 0.407 e. The highest BCUT2D eigenvalue weighted by atomic mass is 16.6. The molecule has 0 fully saturated rings. The molecule has 1 atom stereocenters. The van der Waals surface area contributed by atoms with Gasteiger partial charge in [0.25, 0.3) is 0 Å². The van der Waals surface area contributed by atoms with Crippen molar-refractivity contribution in [3.05, 3.63) is 12.2 Å². The molecular formula is C20H39N7O2. The fraction of sp³-hybridized carbons (Fsp3) is 0.800. The zero-order valence-electron chi connectivity index (χ0n) is 19.3. The SMILES string of the molecule is CCNC(=NCc1nncn1CC)N(C)CCC(NC(=O)OC(C)(C)C)C(C)C. The lowest BCUT2D eigenvalue weighted by Crippen LogP contribution is -2.45. The monoisotopic (exact) mass is 409 g/mol. The Hall–Kier alpha value is -2.32. The lowest BCUT2D eigenvalue weighted by Gasteiger charge is -2.28. The molecule has 166 valence electrons. The molecule has 1 aromatic rings. The van der Waals surface area contributed by atoms with Crippen LogP contribution in [0.5, 0.6) is 0 Å². The van der Waals surface area contributed by atoms with Gasteiger partial charge in [-0.1, -0.05) is 13.8 Å². The van der Waals surface area contributed by atoms with Crippen molar-refractivity contribution in [1.82, 2.24) is 30.3 Å². The maximum absolute atomic E-state index is 12.2. The molecule has 1 amide bonds. The number of aryl methyl sites for hydroxylation is 1. The van der Waals surface area contributed by atoms with Crippen LogP contribution in [0.15, 0.2) is 11.3 Å². The van der Waals surface area contributed by atoms with Crippen LogP contribution in [0, 0.1) is 5.92 Å². The van der Waals surface area contributed by atoms with Gasteiger partial charge in [-0.15, -0.1) is 10.2 Å². The summed E-state index contributed by atoms with van der Waals surface area (Å²) in [5, 5.41) is 14.4. The predicted molar refractivity (Wildman–Crippen MR) is 116 cm³/mol. The van der Waals surface area contributed by atoms with Gasteiger partial charge in [-0.3, -0.25) is 0 Å². The summed E-state index contributed by atoms with van der Waals surface area (Å²) in [6.07, 6.45) is 2.12. The van der Waals surface area contributed by atoms with E-state index in [2.05, 4.69) is 46.5 Å². The molecular weight excluding hydrogens is 370 g/mol. The molecule has 0 bridgehead atoms. The number of guanidine groups is 1. The van der Waals surface area contributed by atoms with E-state index in [-0.39, 0.29) is 12.1 Å². The number of hydrogen-bond donors (Lipinski definition) is 2. The predicted octanol–water partition coefficient (Wildman–Crippen LogP) is 2.63.